The van der Waals surface area contributed by atoms with Crippen LogP contribution in [-0.2, 0) is 23.1 Å². The smallest absolute Gasteiger partial charge is 0.348 e. The number of pyridine rings is 2. The third kappa shape index (κ3) is 4.58. The first-order chi connectivity index (χ1) is 15.5. The molecule has 0 unspecified atom stereocenters. The summed E-state index contributed by atoms with van der Waals surface area (Å²) in [6.45, 7) is 1.46. The number of carbonyl (C=O) groups is 1. The fraction of sp³-hybridized carbons (Fsp3) is 0.350. The lowest BCUT2D eigenvalue weighted by molar-refractivity contribution is -0.137. The molecule has 0 spiro atoms. The average Bonchev–Trinajstić information content (AvgIpc) is 3.51. The summed E-state index contributed by atoms with van der Waals surface area (Å²) in [5.74, 6) is -0.737. The molecule has 3 aromatic heterocycles. The Bertz CT molecular complexity index is 1330. The molecule has 0 saturated heterocycles. The monoisotopic (exact) mass is 480 g/mol. The summed E-state index contributed by atoms with van der Waals surface area (Å²) in [5, 5.41) is 10.7. The zero-order valence-corrected chi connectivity index (χ0v) is 18.4. The van der Waals surface area contributed by atoms with E-state index in [1.54, 1.807) is 0 Å². The Balaban J connectivity index is 1.83. The lowest BCUT2D eigenvalue weighted by Gasteiger charge is -2.11. The van der Waals surface area contributed by atoms with E-state index in [2.05, 4.69) is 25.5 Å². The van der Waals surface area contributed by atoms with E-state index >= 15 is 0 Å². The summed E-state index contributed by atoms with van der Waals surface area (Å²) in [5.41, 5.74) is -1.14. The summed E-state index contributed by atoms with van der Waals surface area (Å²) in [4.78, 5) is 20.5. The van der Waals surface area contributed by atoms with Crippen LogP contribution in [0.1, 0.15) is 35.8 Å². The van der Waals surface area contributed by atoms with Gasteiger partial charge in [0.15, 0.2) is 21.5 Å². The molecular formula is C20H19F3N6O3S. The van der Waals surface area contributed by atoms with Crippen molar-refractivity contribution in [2.75, 3.05) is 5.75 Å². The minimum atomic E-state index is -4.58. The second-order valence-corrected chi connectivity index (χ2v) is 9.77. The molecule has 1 fully saturated rings. The molecule has 0 atom stereocenters. The molecule has 1 aliphatic rings. The van der Waals surface area contributed by atoms with E-state index in [-0.39, 0.29) is 45.4 Å². The van der Waals surface area contributed by atoms with Gasteiger partial charge in [0, 0.05) is 19.3 Å². The Labute approximate surface area is 187 Å². The predicted molar refractivity (Wildman–Crippen MR) is 111 cm³/mol. The molecule has 1 saturated carbocycles. The largest absolute Gasteiger partial charge is 0.416 e. The van der Waals surface area contributed by atoms with Crippen LogP contribution in [0.4, 0.5) is 13.2 Å². The molecule has 13 heteroatoms. The summed E-state index contributed by atoms with van der Waals surface area (Å²) in [6, 6.07) is 4.31. The Kier molecular flexibility index (Phi) is 5.68. The maximum Gasteiger partial charge on any atom is 0.416 e. The number of amides is 1. The van der Waals surface area contributed by atoms with E-state index < -0.39 is 27.5 Å². The van der Waals surface area contributed by atoms with Gasteiger partial charge in [-0.25, -0.2) is 13.4 Å². The highest BCUT2D eigenvalue weighted by Crippen LogP contribution is 2.32. The van der Waals surface area contributed by atoms with Gasteiger partial charge in [-0.3, -0.25) is 9.78 Å². The first-order valence-corrected chi connectivity index (χ1v) is 11.6. The molecule has 3 heterocycles. The Morgan fingerprint density at radius 3 is 2.52 bits per heavy atom. The van der Waals surface area contributed by atoms with Gasteiger partial charge < -0.3 is 9.88 Å². The third-order valence-corrected chi connectivity index (χ3v) is 6.88. The molecule has 174 valence electrons. The number of aromatic nitrogens is 5. The number of sulfone groups is 1. The molecule has 0 aromatic carbocycles. The van der Waals surface area contributed by atoms with Gasteiger partial charge in [0.2, 0.25) is 0 Å². The van der Waals surface area contributed by atoms with Gasteiger partial charge in [0.25, 0.3) is 5.91 Å². The van der Waals surface area contributed by atoms with Gasteiger partial charge in [-0.15, -0.1) is 10.2 Å². The van der Waals surface area contributed by atoms with Crippen molar-refractivity contribution in [1.82, 2.24) is 30.0 Å². The molecule has 1 amide bonds. The fourth-order valence-electron chi connectivity index (χ4n) is 3.11. The van der Waals surface area contributed by atoms with E-state index in [1.807, 2.05) is 0 Å². The first-order valence-electron chi connectivity index (χ1n) is 9.99. The van der Waals surface area contributed by atoms with E-state index in [0.717, 1.165) is 31.2 Å². The second-order valence-electron chi connectivity index (χ2n) is 7.53. The second kappa shape index (κ2) is 8.21. The van der Waals surface area contributed by atoms with Crippen LogP contribution in [0, 0.1) is 0 Å². The highest BCUT2D eigenvalue weighted by Gasteiger charge is 2.32. The molecule has 1 aliphatic carbocycles. The number of hydrogen-bond donors (Lipinski definition) is 1. The van der Waals surface area contributed by atoms with Crippen LogP contribution < -0.4 is 5.32 Å². The van der Waals surface area contributed by atoms with Crippen LogP contribution >= 0.6 is 0 Å². The van der Waals surface area contributed by atoms with Gasteiger partial charge in [0.1, 0.15) is 17.1 Å². The van der Waals surface area contributed by atoms with Crippen LogP contribution in [0.2, 0.25) is 0 Å². The number of alkyl halides is 3. The van der Waals surface area contributed by atoms with Crippen LogP contribution in [0.25, 0.3) is 23.0 Å². The van der Waals surface area contributed by atoms with E-state index in [0.29, 0.717) is 0 Å². The van der Waals surface area contributed by atoms with Crippen LogP contribution in [-0.4, -0.2) is 50.9 Å². The number of hydrogen-bond acceptors (Lipinski definition) is 7. The van der Waals surface area contributed by atoms with Crippen LogP contribution in [0.3, 0.4) is 0 Å². The van der Waals surface area contributed by atoms with Gasteiger partial charge in [-0.05, 0) is 37.1 Å². The molecule has 0 radical (unpaired) electrons. The maximum absolute atomic E-state index is 13.1. The van der Waals surface area contributed by atoms with E-state index in [1.165, 1.54) is 30.7 Å². The molecule has 1 N–H and O–H groups in total. The maximum atomic E-state index is 13.1. The summed E-state index contributed by atoms with van der Waals surface area (Å²) >= 11 is 0. The van der Waals surface area contributed by atoms with Gasteiger partial charge in [-0.1, -0.05) is 6.92 Å². The van der Waals surface area contributed by atoms with E-state index in [4.69, 9.17) is 0 Å². The minimum Gasteiger partial charge on any atom is -0.348 e. The Hall–Kier alpha value is -3.35. The zero-order valence-electron chi connectivity index (χ0n) is 17.6. The van der Waals surface area contributed by atoms with Crippen molar-refractivity contribution in [3.05, 3.63) is 41.7 Å². The quantitative estimate of drug-likeness (QED) is 0.576. The van der Waals surface area contributed by atoms with Gasteiger partial charge >= 0.3 is 6.18 Å². The Morgan fingerprint density at radius 1 is 1.18 bits per heavy atom. The predicted octanol–water partition coefficient (Wildman–Crippen LogP) is 2.64. The van der Waals surface area contributed by atoms with Crippen molar-refractivity contribution in [2.24, 2.45) is 7.05 Å². The molecule has 33 heavy (non-hydrogen) atoms. The molecule has 4 rings (SSSR count). The van der Waals surface area contributed by atoms with Crippen molar-refractivity contribution in [2.45, 2.75) is 36.9 Å². The van der Waals surface area contributed by atoms with Crippen molar-refractivity contribution >= 4 is 15.7 Å². The zero-order chi connectivity index (χ0) is 24.0. The summed E-state index contributed by atoms with van der Waals surface area (Å²) in [7, 11) is -2.32. The highest BCUT2D eigenvalue weighted by molar-refractivity contribution is 7.91. The van der Waals surface area contributed by atoms with Crippen LogP contribution in [0.5, 0.6) is 0 Å². The van der Waals surface area contributed by atoms with Crippen molar-refractivity contribution < 1.29 is 26.4 Å². The highest BCUT2D eigenvalue weighted by atomic mass is 32.2. The Morgan fingerprint density at radius 2 is 1.88 bits per heavy atom. The summed E-state index contributed by atoms with van der Waals surface area (Å²) < 4.78 is 66.0. The lowest BCUT2D eigenvalue weighted by atomic mass is 10.2. The molecule has 0 aliphatic heterocycles. The summed E-state index contributed by atoms with van der Waals surface area (Å²) in [6.07, 6.45) is -1.86. The topological polar surface area (TPSA) is 120 Å². The third-order valence-electron chi connectivity index (χ3n) is 5.12. The lowest BCUT2D eigenvalue weighted by Crippen LogP contribution is -2.26. The van der Waals surface area contributed by atoms with Crippen LogP contribution in [0.15, 0.2) is 35.4 Å². The first kappa shape index (κ1) is 22.8. The number of halogens is 3. The number of nitrogens with zero attached hydrogens (tertiary/aromatic N) is 5. The van der Waals surface area contributed by atoms with Gasteiger partial charge in [-0.2, -0.15) is 13.2 Å². The van der Waals surface area contributed by atoms with Crippen molar-refractivity contribution in [3.8, 4) is 23.0 Å². The average molecular weight is 480 g/mol. The molecule has 3 aromatic rings. The van der Waals surface area contributed by atoms with E-state index in [9.17, 15) is 26.4 Å². The minimum absolute atomic E-state index is 0.00584. The van der Waals surface area contributed by atoms with Gasteiger partial charge in [0.05, 0.1) is 16.2 Å². The van der Waals surface area contributed by atoms with Crippen molar-refractivity contribution in [3.63, 3.8) is 0 Å². The normalized spacial score (nSPS) is 14.3. The molecule has 9 nitrogen and oxygen atoms in total. The molecule has 0 bridgehead atoms. The van der Waals surface area contributed by atoms with Crippen molar-refractivity contribution in [1.29, 1.82) is 0 Å². The SMILES string of the molecule is CCS(=O)(=O)c1ccc(C(=O)NC2CC2)nc1-c1nnc(-c2cc(C(F)(F)F)ccn2)n1C. The molecular weight excluding hydrogens is 461 g/mol. The number of rotatable bonds is 6. The number of carbonyl (C=O) groups excluding carboxylic acids is 1. The number of nitrogens with one attached hydrogen (secondary N) is 1. The standard InChI is InChI=1S/C20H19F3N6O3S/c1-3-33(31,32)15-7-6-13(19(30)25-12-4-5-12)26-16(15)18-28-27-17(29(18)2)14-10-11(8-9-24-14)20(21,22)23/h6-10,12H,3-5H2,1-2H3,(H,25,30). The fourth-order valence-corrected chi connectivity index (χ4v) is 4.13.